The summed E-state index contributed by atoms with van der Waals surface area (Å²) in [6, 6.07) is 20.0. The molecule has 0 saturated carbocycles. The Balaban J connectivity index is 1.51. The molecular formula is C36H46O3. The van der Waals surface area contributed by atoms with Gasteiger partial charge in [0.15, 0.2) is 0 Å². The summed E-state index contributed by atoms with van der Waals surface area (Å²) in [5.41, 5.74) is 7.02. The minimum Gasteiger partial charge on any atom is -0.491 e. The van der Waals surface area contributed by atoms with Gasteiger partial charge in [0.25, 0.3) is 0 Å². The van der Waals surface area contributed by atoms with Gasteiger partial charge in [-0.3, -0.25) is 0 Å². The number of rotatable bonds is 16. The van der Waals surface area contributed by atoms with E-state index >= 15 is 0 Å². The zero-order chi connectivity index (χ0) is 27.5. The lowest BCUT2D eigenvalue weighted by molar-refractivity contribution is 0.0734. The van der Waals surface area contributed by atoms with Crippen LogP contribution in [-0.4, -0.2) is 12.1 Å². The minimum atomic E-state index is -0.287. The summed E-state index contributed by atoms with van der Waals surface area (Å²) in [4.78, 5) is 13.1. The number of hydrogen-bond acceptors (Lipinski definition) is 3. The molecule has 1 aliphatic carbocycles. The second-order valence-electron chi connectivity index (χ2n) is 11.2. The van der Waals surface area contributed by atoms with E-state index < -0.39 is 0 Å². The van der Waals surface area contributed by atoms with E-state index in [-0.39, 0.29) is 12.1 Å². The number of benzene rings is 3. The Labute approximate surface area is 235 Å². The predicted octanol–water partition coefficient (Wildman–Crippen LogP) is 10.1. The molecule has 3 heteroatoms. The van der Waals surface area contributed by atoms with Gasteiger partial charge in [-0.15, -0.1) is 0 Å². The molecule has 1 unspecified atom stereocenters. The maximum Gasteiger partial charge on any atom is 0.343 e. The predicted molar refractivity (Wildman–Crippen MR) is 162 cm³/mol. The van der Waals surface area contributed by atoms with Crippen LogP contribution in [0.5, 0.6) is 11.5 Å². The SMILES string of the molecule is CCCCCCCCc1cc(C(=O)Oc2ccccc2)cc2c1-c1ccc(OC(C)CCCCCC)cc1C2. The van der Waals surface area contributed by atoms with E-state index in [9.17, 15) is 4.79 Å². The Kier molecular flexibility index (Phi) is 11.1. The van der Waals surface area contributed by atoms with Crippen molar-refractivity contribution in [2.24, 2.45) is 0 Å². The van der Waals surface area contributed by atoms with Gasteiger partial charge in [0.05, 0.1) is 11.7 Å². The largest absolute Gasteiger partial charge is 0.491 e. The molecule has 0 radical (unpaired) electrons. The molecule has 0 aliphatic heterocycles. The summed E-state index contributed by atoms with van der Waals surface area (Å²) in [6.07, 6.45) is 15.7. The second kappa shape index (κ2) is 14.9. The van der Waals surface area contributed by atoms with Gasteiger partial charge in [0, 0.05) is 0 Å². The lowest BCUT2D eigenvalue weighted by Gasteiger charge is -2.16. The van der Waals surface area contributed by atoms with Crippen molar-refractivity contribution >= 4 is 5.97 Å². The number of esters is 1. The van der Waals surface area contributed by atoms with E-state index in [2.05, 4.69) is 45.0 Å². The third-order valence-corrected chi connectivity index (χ3v) is 7.82. The zero-order valence-electron chi connectivity index (χ0n) is 24.3. The topological polar surface area (TPSA) is 35.5 Å². The van der Waals surface area contributed by atoms with Crippen molar-refractivity contribution in [3.05, 3.63) is 82.9 Å². The molecule has 1 atom stereocenters. The lowest BCUT2D eigenvalue weighted by Crippen LogP contribution is -2.11. The van der Waals surface area contributed by atoms with Crippen LogP contribution in [0.15, 0.2) is 60.7 Å². The van der Waals surface area contributed by atoms with Gasteiger partial charge >= 0.3 is 5.97 Å². The fourth-order valence-electron chi connectivity index (χ4n) is 5.71. The first-order chi connectivity index (χ1) is 19.1. The number of ether oxygens (including phenoxy) is 2. The van der Waals surface area contributed by atoms with Gasteiger partial charge in [-0.2, -0.15) is 0 Å². The molecular weight excluding hydrogens is 480 g/mol. The van der Waals surface area contributed by atoms with Gasteiger partial charge in [-0.05, 0) is 103 Å². The highest BCUT2D eigenvalue weighted by Gasteiger charge is 2.25. The molecule has 4 rings (SSSR count). The third-order valence-electron chi connectivity index (χ3n) is 7.82. The van der Waals surface area contributed by atoms with Crippen LogP contribution in [0.4, 0.5) is 0 Å². The molecule has 1 aliphatic rings. The van der Waals surface area contributed by atoms with Gasteiger partial charge in [0.1, 0.15) is 11.5 Å². The molecule has 0 spiro atoms. The molecule has 0 fully saturated rings. The zero-order valence-corrected chi connectivity index (χ0v) is 24.3. The number of carbonyl (C=O) groups excluding carboxylic acids is 1. The highest BCUT2D eigenvalue weighted by Crippen LogP contribution is 2.42. The summed E-state index contributed by atoms with van der Waals surface area (Å²) in [7, 11) is 0. The third kappa shape index (κ3) is 8.21. The van der Waals surface area contributed by atoms with Gasteiger partial charge in [-0.25, -0.2) is 4.79 Å². The number of unbranched alkanes of at least 4 members (excludes halogenated alkanes) is 8. The van der Waals surface area contributed by atoms with Gasteiger partial charge in [0.2, 0.25) is 0 Å². The molecule has 3 aromatic rings. The first-order valence-electron chi connectivity index (χ1n) is 15.3. The molecule has 0 heterocycles. The van der Waals surface area contributed by atoms with E-state index in [1.165, 1.54) is 85.6 Å². The average molecular weight is 527 g/mol. The van der Waals surface area contributed by atoms with Crippen molar-refractivity contribution in [3.8, 4) is 22.6 Å². The first-order valence-corrected chi connectivity index (χ1v) is 15.3. The Morgan fingerprint density at radius 2 is 1.49 bits per heavy atom. The van der Waals surface area contributed by atoms with Crippen molar-refractivity contribution in [3.63, 3.8) is 0 Å². The van der Waals surface area contributed by atoms with E-state index in [4.69, 9.17) is 9.47 Å². The fourth-order valence-corrected chi connectivity index (χ4v) is 5.71. The van der Waals surface area contributed by atoms with Crippen LogP contribution in [0.3, 0.4) is 0 Å². The van der Waals surface area contributed by atoms with E-state index in [0.29, 0.717) is 11.3 Å². The lowest BCUT2D eigenvalue weighted by atomic mass is 9.93. The van der Waals surface area contributed by atoms with Gasteiger partial charge < -0.3 is 9.47 Å². The molecule has 208 valence electrons. The van der Waals surface area contributed by atoms with Crippen LogP contribution < -0.4 is 9.47 Å². The number of aryl methyl sites for hydroxylation is 1. The van der Waals surface area contributed by atoms with Crippen molar-refractivity contribution in [1.29, 1.82) is 0 Å². The van der Waals surface area contributed by atoms with Crippen LogP contribution in [-0.2, 0) is 12.8 Å². The summed E-state index contributed by atoms with van der Waals surface area (Å²) in [6.45, 7) is 6.68. The Morgan fingerprint density at radius 1 is 0.769 bits per heavy atom. The summed E-state index contributed by atoms with van der Waals surface area (Å²) >= 11 is 0. The van der Waals surface area contributed by atoms with Crippen LogP contribution in [0.2, 0.25) is 0 Å². The summed E-state index contributed by atoms with van der Waals surface area (Å²) < 4.78 is 12.0. The Bertz CT molecular complexity index is 1200. The number of para-hydroxylation sites is 1. The normalized spacial score (nSPS) is 12.6. The highest BCUT2D eigenvalue weighted by atomic mass is 16.5. The van der Waals surface area contributed by atoms with Crippen LogP contribution in [0.25, 0.3) is 11.1 Å². The number of hydrogen-bond donors (Lipinski definition) is 0. The molecule has 3 aromatic carbocycles. The maximum absolute atomic E-state index is 13.1. The fraction of sp³-hybridized carbons (Fsp3) is 0.472. The minimum absolute atomic E-state index is 0.214. The van der Waals surface area contributed by atoms with Gasteiger partial charge in [-0.1, -0.05) is 89.5 Å². The Hall–Kier alpha value is -3.07. The quantitative estimate of drug-likeness (QED) is 0.0827. The van der Waals surface area contributed by atoms with Crippen molar-refractivity contribution in [2.45, 2.75) is 110 Å². The maximum atomic E-state index is 13.1. The highest BCUT2D eigenvalue weighted by molar-refractivity contribution is 5.94. The molecule has 39 heavy (non-hydrogen) atoms. The molecule has 3 nitrogen and oxygen atoms in total. The summed E-state index contributed by atoms with van der Waals surface area (Å²) in [5, 5.41) is 0. The molecule has 0 saturated heterocycles. The van der Waals surface area contributed by atoms with E-state index in [1.54, 1.807) is 0 Å². The monoisotopic (exact) mass is 526 g/mol. The van der Waals surface area contributed by atoms with Crippen LogP contribution >= 0.6 is 0 Å². The molecule has 0 bridgehead atoms. The van der Waals surface area contributed by atoms with Crippen molar-refractivity contribution in [1.82, 2.24) is 0 Å². The Morgan fingerprint density at radius 3 is 2.26 bits per heavy atom. The van der Waals surface area contributed by atoms with Crippen LogP contribution in [0.1, 0.15) is 118 Å². The van der Waals surface area contributed by atoms with E-state index in [1.807, 2.05) is 36.4 Å². The summed E-state index contributed by atoms with van der Waals surface area (Å²) in [5.74, 6) is 1.24. The van der Waals surface area contributed by atoms with E-state index in [0.717, 1.165) is 31.4 Å². The first kappa shape index (κ1) is 28.9. The van der Waals surface area contributed by atoms with Crippen molar-refractivity contribution in [2.75, 3.05) is 0 Å². The standard InChI is InChI=1S/C36H46O3/c1-4-6-8-10-11-14-18-28-23-31(36(37)39-32-19-15-12-16-20-32)25-30-24-29-26-33(21-22-34(29)35(28)30)38-27(3)17-13-9-7-5-2/h12,15-16,19-23,25-27H,4-11,13-14,17-18,24H2,1-3H3. The smallest absolute Gasteiger partial charge is 0.343 e. The second-order valence-corrected chi connectivity index (χ2v) is 11.2. The van der Waals surface area contributed by atoms with Crippen LogP contribution in [0, 0.1) is 0 Å². The number of carbonyl (C=O) groups is 1. The average Bonchev–Trinajstić information content (AvgIpc) is 3.31. The number of fused-ring (bicyclic) bond motifs is 3. The molecule has 0 aromatic heterocycles. The van der Waals surface area contributed by atoms with Crippen molar-refractivity contribution < 1.29 is 14.3 Å². The molecule has 0 amide bonds. The molecule has 0 N–H and O–H groups in total.